The lowest BCUT2D eigenvalue weighted by molar-refractivity contribution is -0.144. The Bertz CT molecular complexity index is 478. The number of carbonyl (C=O) groups is 1. The van der Waals surface area contributed by atoms with Crippen LogP contribution in [0.1, 0.15) is 6.92 Å². The molecule has 0 spiro atoms. The van der Waals surface area contributed by atoms with Crippen molar-refractivity contribution in [3.63, 3.8) is 0 Å². The Balaban J connectivity index is 1.72. The van der Waals surface area contributed by atoms with Crippen molar-refractivity contribution in [2.24, 2.45) is 0 Å². The van der Waals surface area contributed by atoms with Crippen molar-refractivity contribution < 1.29 is 14.3 Å². The second-order valence-corrected chi connectivity index (χ2v) is 4.95. The molecule has 1 fully saturated rings. The maximum atomic E-state index is 12.5. The molecule has 3 rings (SSSR count). The number of nitrogens with zero attached hydrogens (tertiary/aromatic N) is 1. The van der Waals surface area contributed by atoms with Crippen LogP contribution in [-0.2, 0) is 4.79 Å². The molecule has 0 unspecified atom stereocenters. The summed E-state index contributed by atoms with van der Waals surface area (Å²) >= 11 is 0. The molecule has 2 aliphatic rings. The molecule has 2 aliphatic heterocycles. The van der Waals surface area contributed by atoms with E-state index in [0.717, 1.165) is 19.6 Å². The number of fused-ring (bicyclic) bond motifs is 1. The highest BCUT2D eigenvalue weighted by atomic mass is 16.6. The van der Waals surface area contributed by atoms with Gasteiger partial charge in [-0.15, -0.1) is 0 Å². The molecule has 5 nitrogen and oxygen atoms in total. The van der Waals surface area contributed by atoms with E-state index < -0.39 is 6.10 Å². The smallest absolute Gasteiger partial charge is 0.267 e. The number of hydrogen-bond donors (Lipinski definition) is 1. The molecule has 1 saturated heterocycles. The predicted molar refractivity (Wildman–Crippen MR) is 70.4 cm³/mol. The second-order valence-electron chi connectivity index (χ2n) is 4.95. The summed E-state index contributed by atoms with van der Waals surface area (Å²) in [4.78, 5) is 14.3. The van der Waals surface area contributed by atoms with Crippen LogP contribution >= 0.6 is 0 Å². The van der Waals surface area contributed by atoms with E-state index in [1.165, 1.54) is 0 Å². The molecule has 1 amide bonds. The quantitative estimate of drug-likeness (QED) is 0.807. The van der Waals surface area contributed by atoms with Crippen molar-refractivity contribution in [3.8, 4) is 11.5 Å². The van der Waals surface area contributed by atoms with Crippen molar-refractivity contribution in [2.45, 2.75) is 19.1 Å². The van der Waals surface area contributed by atoms with E-state index in [-0.39, 0.29) is 18.6 Å². The first kappa shape index (κ1) is 12.3. The molecule has 0 aromatic heterocycles. The molecule has 0 bridgehead atoms. The Kier molecular flexibility index (Phi) is 3.29. The highest BCUT2D eigenvalue weighted by Crippen LogP contribution is 2.31. The normalized spacial score (nSPS) is 26.1. The van der Waals surface area contributed by atoms with Gasteiger partial charge in [0.25, 0.3) is 5.91 Å². The third kappa shape index (κ3) is 2.38. The van der Waals surface area contributed by atoms with E-state index in [1.54, 1.807) is 0 Å². The first-order chi connectivity index (χ1) is 9.25. The van der Waals surface area contributed by atoms with E-state index in [0.29, 0.717) is 11.5 Å². The summed E-state index contributed by atoms with van der Waals surface area (Å²) in [5.41, 5.74) is 0. The molecule has 1 N–H and O–H groups in total. The van der Waals surface area contributed by atoms with Crippen LogP contribution in [0.4, 0.5) is 0 Å². The van der Waals surface area contributed by atoms with E-state index in [1.807, 2.05) is 36.1 Å². The lowest BCUT2D eigenvalue weighted by Gasteiger charge is -2.37. The Morgan fingerprint density at radius 2 is 2.16 bits per heavy atom. The van der Waals surface area contributed by atoms with E-state index in [4.69, 9.17) is 9.47 Å². The van der Waals surface area contributed by atoms with Gasteiger partial charge in [-0.25, -0.2) is 0 Å². The molecule has 2 heterocycles. The van der Waals surface area contributed by atoms with E-state index in [2.05, 4.69) is 5.32 Å². The summed E-state index contributed by atoms with van der Waals surface area (Å²) in [6.45, 7) is 4.71. The molecule has 2 atom stereocenters. The third-order valence-electron chi connectivity index (χ3n) is 3.57. The molecule has 102 valence electrons. The number of nitrogens with one attached hydrogen (secondary N) is 1. The van der Waals surface area contributed by atoms with Gasteiger partial charge in [0.05, 0.1) is 0 Å². The van der Waals surface area contributed by atoms with Gasteiger partial charge in [-0.2, -0.15) is 0 Å². The van der Waals surface area contributed by atoms with Gasteiger partial charge in [0.2, 0.25) is 6.10 Å². The first-order valence-corrected chi connectivity index (χ1v) is 6.65. The van der Waals surface area contributed by atoms with Gasteiger partial charge in [-0.3, -0.25) is 4.79 Å². The zero-order chi connectivity index (χ0) is 13.2. The van der Waals surface area contributed by atoms with Crippen LogP contribution in [0.15, 0.2) is 24.3 Å². The fourth-order valence-electron chi connectivity index (χ4n) is 2.49. The van der Waals surface area contributed by atoms with Crippen LogP contribution in [-0.4, -0.2) is 49.2 Å². The third-order valence-corrected chi connectivity index (χ3v) is 3.57. The van der Waals surface area contributed by atoms with Crippen molar-refractivity contribution in [3.05, 3.63) is 24.3 Å². The number of rotatable bonds is 1. The molecule has 0 radical (unpaired) electrons. The zero-order valence-corrected chi connectivity index (χ0v) is 11.0. The predicted octanol–water partition coefficient (Wildman–Crippen LogP) is 0.647. The van der Waals surface area contributed by atoms with E-state index >= 15 is 0 Å². The van der Waals surface area contributed by atoms with Gasteiger partial charge in [-0.1, -0.05) is 12.1 Å². The van der Waals surface area contributed by atoms with Gasteiger partial charge < -0.3 is 19.7 Å². The van der Waals surface area contributed by atoms with Gasteiger partial charge >= 0.3 is 0 Å². The van der Waals surface area contributed by atoms with Gasteiger partial charge in [0.1, 0.15) is 6.61 Å². The number of piperazine rings is 1. The minimum atomic E-state index is -0.532. The molecule has 1 aromatic rings. The maximum Gasteiger partial charge on any atom is 0.267 e. The standard InChI is InChI=1S/C14H18N2O3/c1-10-8-15-6-7-16(10)14(17)13-9-18-11-4-2-3-5-12(11)19-13/h2-5,10,13,15H,6-9H2,1H3/t10-,13+/m1/s1. The van der Waals surface area contributed by atoms with Gasteiger partial charge in [0.15, 0.2) is 11.5 Å². The van der Waals surface area contributed by atoms with Crippen molar-refractivity contribution in [2.75, 3.05) is 26.2 Å². The zero-order valence-electron chi connectivity index (χ0n) is 11.0. The fourth-order valence-corrected chi connectivity index (χ4v) is 2.49. The van der Waals surface area contributed by atoms with Gasteiger partial charge in [-0.05, 0) is 19.1 Å². The Labute approximate surface area is 112 Å². The number of amides is 1. The summed E-state index contributed by atoms with van der Waals surface area (Å²) in [5.74, 6) is 1.37. The van der Waals surface area contributed by atoms with Crippen LogP contribution < -0.4 is 14.8 Å². The van der Waals surface area contributed by atoms with Gasteiger partial charge in [0, 0.05) is 25.7 Å². The molecule has 19 heavy (non-hydrogen) atoms. The molecular weight excluding hydrogens is 244 g/mol. The molecular formula is C14H18N2O3. The monoisotopic (exact) mass is 262 g/mol. The number of hydrogen-bond acceptors (Lipinski definition) is 4. The second kappa shape index (κ2) is 5.09. The summed E-state index contributed by atoms with van der Waals surface area (Å²) < 4.78 is 11.4. The van der Waals surface area contributed by atoms with Crippen molar-refractivity contribution in [1.82, 2.24) is 10.2 Å². The summed E-state index contributed by atoms with van der Waals surface area (Å²) in [7, 11) is 0. The Morgan fingerprint density at radius 3 is 2.95 bits per heavy atom. The van der Waals surface area contributed by atoms with Crippen LogP contribution in [0.25, 0.3) is 0 Å². The average molecular weight is 262 g/mol. The Hall–Kier alpha value is -1.75. The SMILES string of the molecule is C[C@@H]1CNCCN1C(=O)[C@@H]1COc2ccccc2O1. The lowest BCUT2D eigenvalue weighted by atomic mass is 10.1. The number of para-hydroxylation sites is 2. The number of ether oxygens (including phenoxy) is 2. The largest absolute Gasteiger partial charge is 0.485 e. The highest BCUT2D eigenvalue weighted by Gasteiger charge is 2.33. The topological polar surface area (TPSA) is 50.8 Å². The summed E-state index contributed by atoms with van der Waals surface area (Å²) in [6.07, 6.45) is -0.532. The number of benzene rings is 1. The van der Waals surface area contributed by atoms with Crippen LogP contribution in [0.5, 0.6) is 11.5 Å². The van der Waals surface area contributed by atoms with Crippen molar-refractivity contribution in [1.29, 1.82) is 0 Å². The Morgan fingerprint density at radius 1 is 1.37 bits per heavy atom. The summed E-state index contributed by atoms with van der Waals surface area (Å²) in [5, 5.41) is 3.27. The highest BCUT2D eigenvalue weighted by molar-refractivity contribution is 5.82. The van der Waals surface area contributed by atoms with Crippen LogP contribution in [0.2, 0.25) is 0 Å². The first-order valence-electron chi connectivity index (χ1n) is 6.65. The molecule has 1 aromatic carbocycles. The fraction of sp³-hybridized carbons (Fsp3) is 0.500. The molecule has 0 aliphatic carbocycles. The average Bonchev–Trinajstić information content (AvgIpc) is 2.46. The number of carbonyl (C=O) groups excluding carboxylic acids is 1. The van der Waals surface area contributed by atoms with Crippen LogP contribution in [0, 0.1) is 0 Å². The minimum absolute atomic E-state index is 0.0171. The van der Waals surface area contributed by atoms with E-state index in [9.17, 15) is 4.79 Å². The minimum Gasteiger partial charge on any atom is -0.485 e. The lowest BCUT2D eigenvalue weighted by Crippen LogP contribution is -2.57. The van der Waals surface area contributed by atoms with Crippen molar-refractivity contribution >= 4 is 5.91 Å². The maximum absolute atomic E-state index is 12.5. The summed E-state index contributed by atoms with van der Waals surface area (Å²) in [6, 6.07) is 7.65. The molecule has 5 heteroatoms. The van der Waals surface area contributed by atoms with Crippen LogP contribution in [0.3, 0.4) is 0 Å². The molecule has 0 saturated carbocycles.